The van der Waals surface area contributed by atoms with Crippen molar-refractivity contribution in [2.24, 2.45) is 0 Å². The van der Waals surface area contributed by atoms with Crippen LogP contribution in [0.3, 0.4) is 0 Å². The van der Waals surface area contributed by atoms with Gasteiger partial charge in [-0.05, 0) is 34.2 Å². The van der Waals surface area contributed by atoms with Crippen molar-refractivity contribution in [1.82, 2.24) is 25.2 Å². The summed E-state index contributed by atoms with van der Waals surface area (Å²) in [5.74, 6) is -2.10. The molecule has 0 bridgehead atoms. The zero-order valence-electron chi connectivity index (χ0n) is 15.4. The second kappa shape index (κ2) is 8.17. The smallest absolute Gasteiger partial charge is 0.358 e. The van der Waals surface area contributed by atoms with Crippen molar-refractivity contribution < 1.29 is 18.7 Å². The van der Waals surface area contributed by atoms with Crippen LogP contribution in [0.2, 0.25) is 0 Å². The number of aromatic nitrogens is 5. The first-order chi connectivity index (χ1) is 14.6. The second-order valence-electron chi connectivity index (χ2n) is 5.93. The van der Waals surface area contributed by atoms with Crippen molar-refractivity contribution in [1.29, 1.82) is 0 Å². The summed E-state index contributed by atoms with van der Waals surface area (Å²) >= 11 is 1.08. The van der Waals surface area contributed by atoms with Crippen molar-refractivity contribution >= 4 is 28.3 Å². The van der Waals surface area contributed by atoms with Crippen LogP contribution in [0.25, 0.3) is 16.1 Å². The Kier molecular flexibility index (Phi) is 5.26. The maximum absolute atomic E-state index is 14.3. The van der Waals surface area contributed by atoms with Gasteiger partial charge in [-0.3, -0.25) is 10.1 Å². The maximum Gasteiger partial charge on any atom is 0.358 e. The summed E-state index contributed by atoms with van der Waals surface area (Å²) in [4.78, 5) is 29.5. The Morgan fingerprint density at radius 2 is 1.97 bits per heavy atom. The van der Waals surface area contributed by atoms with E-state index in [1.165, 1.54) is 30.3 Å². The van der Waals surface area contributed by atoms with Crippen LogP contribution in [-0.4, -0.2) is 44.2 Å². The van der Waals surface area contributed by atoms with Crippen molar-refractivity contribution in [3.63, 3.8) is 0 Å². The lowest BCUT2D eigenvalue weighted by Crippen LogP contribution is -2.15. The van der Waals surface area contributed by atoms with Crippen molar-refractivity contribution in [2.75, 3.05) is 12.4 Å². The Labute approximate surface area is 173 Å². The van der Waals surface area contributed by atoms with E-state index in [4.69, 9.17) is 4.74 Å². The van der Waals surface area contributed by atoms with E-state index < -0.39 is 17.7 Å². The molecule has 150 valence electrons. The summed E-state index contributed by atoms with van der Waals surface area (Å²) in [6.45, 7) is 0. The summed E-state index contributed by atoms with van der Waals surface area (Å²) in [6, 6.07) is 13.0. The van der Waals surface area contributed by atoms with Crippen LogP contribution in [0.15, 0.2) is 54.9 Å². The minimum atomic E-state index is -0.729. The van der Waals surface area contributed by atoms with Gasteiger partial charge in [0.05, 0.1) is 23.2 Å². The van der Waals surface area contributed by atoms with Gasteiger partial charge in [0, 0.05) is 0 Å². The summed E-state index contributed by atoms with van der Waals surface area (Å²) < 4.78 is 20.4. The number of nitrogens with zero attached hydrogens (tertiary/aromatic N) is 5. The molecule has 1 N–H and O–H groups in total. The molecule has 0 atom stereocenters. The van der Waals surface area contributed by atoms with Gasteiger partial charge in [-0.15, -0.1) is 5.10 Å². The molecule has 9 nitrogen and oxygen atoms in total. The van der Waals surface area contributed by atoms with E-state index in [1.54, 1.807) is 12.1 Å². The zero-order valence-corrected chi connectivity index (χ0v) is 16.3. The van der Waals surface area contributed by atoms with Crippen molar-refractivity contribution in [2.45, 2.75) is 0 Å². The van der Waals surface area contributed by atoms with Crippen LogP contribution in [-0.2, 0) is 4.74 Å². The van der Waals surface area contributed by atoms with E-state index in [9.17, 15) is 14.0 Å². The zero-order chi connectivity index (χ0) is 21.1. The highest BCUT2D eigenvalue weighted by atomic mass is 32.1. The predicted octanol–water partition coefficient (Wildman–Crippen LogP) is 2.96. The quantitative estimate of drug-likeness (QED) is 0.490. The average Bonchev–Trinajstić information content (AvgIpc) is 3.44. The molecule has 30 heavy (non-hydrogen) atoms. The number of hydrogen-bond acceptors (Lipinski definition) is 8. The Hall–Kier alpha value is -3.99. The van der Waals surface area contributed by atoms with Crippen molar-refractivity contribution in [3.8, 4) is 16.1 Å². The van der Waals surface area contributed by atoms with Gasteiger partial charge in [-0.25, -0.2) is 18.9 Å². The summed E-state index contributed by atoms with van der Waals surface area (Å²) in [5, 5.41) is 13.4. The molecule has 0 spiro atoms. The number of benzene rings is 2. The average molecular weight is 424 g/mol. The lowest BCUT2D eigenvalue weighted by Gasteiger charge is -2.06. The number of nitrogens with one attached hydrogen (secondary N) is 1. The Morgan fingerprint density at radius 1 is 1.17 bits per heavy atom. The number of hydrogen-bond donors (Lipinski definition) is 1. The number of ether oxygens (including phenoxy) is 1. The molecule has 2 aromatic carbocycles. The van der Waals surface area contributed by atoms with Gasteiger partial charge in [0.15, 0.2) is 10.8 Å². The van der Waals surface area contributed by atoms with E-state index in [0.29, 0.717) is 10.6 Å². The van der Waals surface area contributed by atoms with Gasteiger partial charge in [-0.2, -0.15) is 0 Å². The molecule has 0 aliphatic carbocycles. The molecular weight excluding hydrogens is 411 g/mol. The Bertz CT molecular complexity index is 1210. The third-order valence-corrected chi connectivity index (χ3v) is 5.09. The highest BCUT2D eigenvalue weighted by molar-refractivity contribution is 7.19. The molecule has 0 radical (unpaired) electrons. The first-order valence-electron chi connectivity index (χ1n) is 8.55. The first-order valence-corrected chi connectivity index (χ1v) is 9.37. The number of tetrazole rings is 1. The molecular formula is C19H13FN6O3S. The van der Waals surface area contributed by atoms with E-state index in [1.807, 2.05) is 18.2 Å². The van der Waals surface area contributed by atoms with Gasteiger partial charge in [-0.1, -0.05) is 41.7 Å². The molecule has 2 heterocycles. The standard InChI is InChI=1S/C19H13FN6O3S/c1-29-18(28)15-16(11-5-3-2-4-6-11)30-19(22-15)23-17(27)13-9-12(7-8-14(13)20)26-10-21-24-25-26/h2-10H,1H3,(H,22,23,27). The van der Waals surface area contributed by atoms with Gasteiger partial charge in [0.2, 0.25) is 0 Å². The highest BCUT2D eigenvalue weighted by Gasteiger charge is 2.22. The second-order valence-corrected chi connectivity index (χ2v) is 6.93. The van der Waals surface area contributed by atoms with Crippen LogP contribution < -0.4 is 5.32 Å². The highest BCUT2D eigenvalue weighted by Crippen LogP contribution is 2.33. The molecule has 0 saturated carbocycles. The third kappa shape index (κ3) is 3.78. The van der Waals surface area contributed by atoms with Gasteiger partial charge in [0.25, 0.3) is 5.91 Å². The summed E-state index contributed by atoms with van der Waals surface area (Å²) in [6.07, 6.45) is 1.32. The minimum Gasteiger partial charge on any atom is -0.464 e. The van der Waals surface area contributed by atoms with Crippen LogP contribution >= 0.6 is 11.3 Å². The van der Waals surface area contributed by atoms with Crippen molar-refractivity contribution in [3.05, 3.63) is 71.9 Å². The number of esters is 1. The topological polar surface area (TPSA) is 112 Å². The SMILES string of the molecule is COC(=O)c1nc(NC(=O)c2cc(-n3cnnn3)ccc2F)sc1-c1ccccc1. The van der Waals surface area contributed by atoms with Crippen LogP contribution in [0.5, 0.6) is 0 Å². The Balaban J connectivity index is 1.66. The molecule has 2 aromatic heterocycles. The number of rotatable bonds is 5. The van der Waals surface area contributed by atoms with Gasteiger partial charge >= 0.3 is 5.97 Å². The number of carbonyl (C=O) groups excluding carboxylic acids is 2. The molecule has 0 aliphatic rings. The number of halogens is 1. The van der Waals surface area contributed by atoms with Crippen LogP contribution in [0, 0.1) is 5.82 Å². The van der Waals surface area contributed by atoms with E-state index >= 15 is 0 Å². The minimum absolute atomic E-state index is 0.0620. The number of anilines is 1. The first kappa shape index (κ1) is 19.3. The monoisotopic (exact) mass is 424 g/mol. The molecule has 0 aliphatic heterocycles. The molecule has 0 saturated heterocycles. The molecule has 11 heteroatoms. The van der Waals surface area contributed by atoms with Gasteiger partial charge in [0.1, 0.15) is 12.1 Å². The number of thiazole rings is 1. The Morgan fingerprint density at radius 3 is 2.67 bits per heavy atom. The molecule has 4 rings (SSSR count). The molecule has 1 amide bonds. The number of amides is 1. The third-order valence-electron chi connectivity index (χ3n) is 4.07. The van der Waals surface area contributed by atoms with E-state index in [2.05, 4.69) is 25.8 Å². The lowest BCUT2D eigenvalue weighted by atomic mass is 10.1. The summed E-state index contributed by atoms with van der Waals surface area (Å²) in [5.41, 5.74) is 0.986. The lowest BCUT2D eigenvalue weighted by molar-refractivity contribution is 0.0595. The summed E-state index contributed by atoms with van der Waals surface area (Å²) in [7, 11) is 1.24. The maximum atomic E-state index is 14.3. The fraction of sp³-hybridized carbons (Fsp3) is 0.0526. The number of carbonyl (C=O) groups is 2. The number of methoxy groups -OCH3 is 1. The largest absolute Gasteiger partial charge is 0.464 e. The van der Waals surface area contributed by atoms with Crippen LogP contribution in [0.1, 0.15) is 20.8 Å². The normalized spacial score (nSPS) is 10.6. The van der Waals surface area contributed by atoms with Gasteiger partial charge < -0.3 is 4.74 Å². The molecule has 4 aromatic rings. The fourth-order valence-corrected chi connectivity index (χ4v) is 3.62. The van der Waals surface area contributed by atoms with E-state index in [-0.39, 0.29) is 16.4 Å². The van der Waals surface area contributed by atoms with E-state index in [0.717, 1.165) is 23.0 Å². The fourth-order valence-electron chi connectivity index (χ4n) is 2.67. The molecule has 0 unspecified atom stereocenters. The van der Waals surface area contributed by atoms with Crippen LogP contribution in [0.4, 0.5) is 9.52 Å². The predicted molar refractivity (Wildman–Crippen MR) is 106 cm³/mol. The molecule has 0 fully saturated rings.